The normalized spacial score (nSPS) is 24.5. The quantitative estimate of drug-likeness (QED) is 0.816. The van der Waals surface area contributed by atoms with E-state index in [0.717, 1.165) is 36.0 Å². The molecule has 1 heterocycles. The first-order chi connectivity index (χ1) is 8.91. The molecule has 0 aromatic carbocycles. The second kappa shape index (κ2) is 5.88. The zero-order valence-corrected chi connectivity index (χ0v) is 13.8. The molecule has 4 heteroatoms. The maximum atomic E-state index is 5.44. The van der Waals surface area contributed by atoms with Crippen molar-refractivity contribution < 1.29 is 4.74 Å². The molecule has 1 aromatic heterocycles. The van der Waals surface area contributed by atoms with E-state index < -0.39 is 0 Å². The monoisotopic (exact) mass is 326 g/mol. The molecule has 0 radical (unpaired) electrons. The topological polar surface area (TPSA) is 35.0 Å². The van der Waals surface area contributed by atoms with Gasteiger partial charge in [0.05, 0.1) is 16.3 Å². The number of hydrogen-bond acceptors (Lipinski definition) is 3. The van der Waals surface area contributed by atoms with Gasteiger partial charge in [-0.25, -0.2) is 9.97 Å². The summed E-state index contributed by atoms with van der Waals surface area (Å²) >= 11 is 3.61. The van der Waals surface area contributed by atoms with E-state index in [0.29, 0.717) is 12.0 Å². The number of rotatable bonds is 2. The summed E-state index contributed by atoms with van der Waals surface area (Å²) in [5.41, 5.74) is 1.17. The molecule has 0 aliphatic heterocycles. The van der Waals surface area contributed by atoms with Crippen molar-refractivity contribution in [3.63, 3.8) is 0 Å². The first kappa shape index (κ1) is 14.9. The second-order valence-corrected chi connectivity index (χ2v) is 7.24. The summed E-state index contributed by atoms with van der Waals surface area (Å²) in [6, 6.07) is 0. The molecule has 1 aliphatic carbocycles. The van der Waals surface area contributed by atoms with Gasteiger partial charge in [0.15, 0.2) is 0 Å². The molecule has 0 spiro atoms. The fraction of sp³-hybridized carbons (Fsp3) is 0.733. The van der Waals surface area contributed by atoms with Gasteiger partial charge in [0.2, 0.25) is 0 Å². The Labute approximate surface area is 124 Å². The lowest BCUT2D eigenvalue weighted by molar-refractivity contribution is 0.0654. The molecule has 106 valence electrons. The van der Waals surface area contributed by atoms with Crippen LogP contribution in [0.15, 0.2) is 10.7 Å². The molecule has 2 rings (SSSR count). The van der Waals surface area contributed by atoms with Crippen LogP contribution in [0.5, 0.6) is 0 Å². The standard InChI is InChI=1S/C15H23BrN2O/c1-15(2,3)14-17-9-12(16)13(18-14)10-5-7-11(19-4)8-6-10/h9-11H,5-8H2,1-4H3. The Hall–Kier alpha value is -0.480. The highest BCUT2D eigenvalue weighted by Crippen LogP contribution is 2.36. The van der Waals surface area contributed by atoms with Gasteiger partial charge in [0, 0.05) is 24.6 Å². The lowest BCUT2D eigenvalue weighted by atomic mass is 9.85. The Morgan fingerprint density at radius 2 is 1.84 bits per heavy atom. The van der Waals surface area contributed by atoms with E-state index in [1.165, 1.54) is 5.69 Å². The van der Waals surface area contributed by atoms with Crippen molar-refractivity contribution in [1.29, 1.82) is 0 Å². The van der Waals surface area contributed by atoms with Crippen LogP contribution in [0.4, 0.5) is 0 Å². The van der Waals surface area contributed by atoms with Crippen LogP contribution >= 0.6 is 15.9 Å². The van der Waals surface area contributed by atoms with Crippen molar-refractivity contribution in [2.45, 2.75) is 63.9 Å². The van der Waals surface area contributed by atoms with Gasteiger partial charge in [-0.2, -0.15) is 0 Å². The van der Waals surface area contributed by atoms with Crippen LogP contribution < -0.4 is 0 Å². The molecule has 3 nitrogen and oxygen atoms in total. The molecule has 1 aromatic rings. The van der Waals surface area contributed by atoms with Gasteiger partial charge in [-0.1, -0.05) is 20.8 Å². The third kappa shape index (κ3) is 3.54. The zero-order valence-electron chi connectivity index (χ0n) is 12.2. The van der Waals surface area contributed by atoms with E-state index in [1.54, 1.807) is 0 Å². The third-order valence-electron chi connectivity index (χ3n) is 3.84. The van der Waals surface area contributed by atoms with Gasteiger partial charge < -0.3 is 4.74 Å². The van der Waals surface area contributed by atoms with Crippen LogP contribution in [0, 0.1) is 0 Å². The summed E-state index contributed by atoms with van der Waals surface area (Å²) in [6.07, 6.45) is 6.89. The second-order valence-electron chi connectivity index (χ2n) is 6.39. The van der Waals surface area contributed by atoms with Crippen LogP contribution in [0.2, 0.25) is 0 Å². The molecular weight excluding hydrogens is 304 g/mol. The van der Waals surface area contributed by atoms with Gasteiger partial charge in [0.25, 0.3) is 0 Å². The average Bonchev–Trinajstić information content (AvgIpc) is 2.38. The number of ether oxygens (including phenoxy) is 1. The van der Waals surface area contributed by atoms with E-state index in [4.69, 9.17) is 9.72 Å². The van der Waals surface area contributed by atoms with Gasteiger partial charge in [-0.05, 0) is 41.6 Å². The van der Waals surface area contributed by atoms with Crippen LogP contribution in [0.3, 0.4) is 0 Å². The van der Waals surface area contributed by atoms with Gasteiger partial charge in [-0.15, -0.1) is 0 Å². The molecule has 0 atom stereocenters. The molecule has 19 heavy (non-hydrogen) atoms. The van der Waals surface area contributed by atoms with Crippen molar-refractivity contribution in [1.82, 2.24) is 9.97 Å². The Balaban J connectivity index is 2.20. The van der Waals surface area contributed by atoms with Crippen LogP contribution in [-0.4, -0.2) is 23.2 Å². The summed E-state index contributed by atoms with van der Waals surface area (Å²) in [5, 5.41) is 0. The first-order valence-corrected chi connectivity index (χ1v) is 7.77. The lowest BCUT2D eigenvalue weighted by Crippen LogP contribution is -2.22. The predicted molar refractivity (Wildman–Crippen MR) is 80.4 cm³/mol. The van der Waals surface area contributed by atoms with Crippen LogP contribution in [0.1, 0.15) is 63.9 Å². The molecule has 0 saturated heterocycles. The largest absolute Gasteiger partial charge is 0.381 e. The summed E-state index contributed by atoms with van der Waals surface area (Å²) < 4.78 is 6.48. The predicted octanol–water partition coefficient (Wildman–Crippen LogP) is 4.21. The third-order valence-corrected chi connectivity index (χ3v) is 4.45. The van der Waals surface area contributed by atoms with Crippen LogP contribution in [-0.2, 0) is 10.2 Å². The first-order valence-electron chi connectivity index (χ1n) is 6.97. The molecule has 1 fully saturated rings. The summed E-state index contributed by atoms with van der Waals surface area (Å²) in [4.78, 5) is 9.27. The van der Waals surface area contributed by atoms with Crippen LogP contribution in [0.25, 0.3) is 0 Å². The van der Waals surface area contributed by atoms with E-state index in [-0.39, 0.29) is 5.41 Å². The van der Waals surface area contributed by atoms with Gasteiger partial charge in [-0.3, -0.25) is 0 Å². The van der Waals surface area contributed by atoms with Crippen molar-refractivity contribution >= 4 is 15.9 Å². The Morgan fingerprint density at radius 3 is 2.37 bits per heavy atom. The van der Waals surface area contributed by atoms with Crippen molar-refractivity contribution in [2.24, 2.45) is 0 Å². The molecule has 0 amide bonds. The minimum Gasteiger partial charge on any atom is -0.381 e. The zero-order chi connectivity index (χ0) is 14.0. The van der Waals surface area contributed by atoms with E-state index in [2.05, 4.69) is 41.7 Å². The number of halogens is 1. The molecule has 1 saturated carbocycles. The number of methoxy groups -OCH3 is 1. The smallest absolute Gasteiger partial charge is 0.133 e. The van der Waals surface area contributed by atoms with E-state index in [9.17, 15) is 0 Å². The lowest BCUT2D eigenvalue weighted by Gasteiger charge is -2.28. The summed E-state index contributed by atoms with van der Waals surface area (Å²) in [5.74, 6) is 1.46. The molecular formula is C15H23BrN2O. The highest BCUT2D eigenvalue weighted by Gasteiger charge is 2.26. The minimum atomic E-state index is -0.000812. The summed E-state index contributed by atoms with van der Waals surface area (Å²) in [7, 11) is 1.81. The molecule has 0 N–H and O–H groups in total. The average molecular weight is 327 g/mol. The summed E-state index contributed by atoms with van der Waals surface area (Å²) in [6.45, 7) is 6.46. The fourth-order valence-corrected chi connectivity index (χ4v) is 3.11. The highest BCUT2D eigenvalue weighted by atomic mass is 79.9. The number of aromatic nitrogens is 2. The molecule has 0 bridgehead atoms. The number of nitrogens with zero attached hydrogens (tertiary/aromatic N) is 2. The minimum absolute atomic E-state index is 0.000812. The van der Waals surface area contributed by atoms with Crippen molar-refractivity contribution in [3.8, 4) is 0 Å². The Kier molecular flexibility index (Phi) is 4.62. The van der Waals surface area contributed by atoms with Gasteiger partial charge >= 0.3 is 0 Å². The van der Waals surface area contributed by atoms with E-state index in [1.807, 2.05) is 13.3 Å². The Morgan fingerprint density at radius 1 is 1.21 bits per heavy atom. The molecule has 1 aliphatic rings. The van der Waals surface area contributed by atoms with Crippen molar-refractivity contribution in [3.05, 3.63) is 22.2 Å². The molecule has 0 unspecified atom stereocenters. The maximum absolute atomic E-state index is 5.44. The SMILES string of the molecule is COC1CCC(c2nc(C(C)(C)C)ncc2Br)CC1. The maximum Gasteiger partial charge on any atom is 0.133 e. The number of hydrogen-bond donors (Lipinski definition) is 0. The van der Waals surface area contributed by atoms with Gasteiger partial charge in [0.1, 0.15) is 5.82 Å². The van der Waals surface area contributed by atoms with E-state index >= 15 is 0 Å². The highest BCUT2D eigenvalue weighted by molar-refractivity contribution is 9.10. The van der Waals surface area contributed by atoms with Crippen molar-refractivity contribution in [2.75, 3.05) is 7.11 Å². The Bertz CT molecular complexity index is 434. The fourth-order valence-electron chi connectivity index (χ4n) is 2.60.